The molecule has 0 unspecified atom stereocenters. The normalized spacial score (nSPS) is 11.7. The second-order valence-corrected chi connectivity index (χ2v) is 9.65. The van der Waals surface area contributed by atoms with Crippen LogP contribution in [0.25, 0.3) is 27.3 Å². The van der Waals surface area contributed by atoms with E-state index < -0.39 is 5.60 Å². The van der Waals surface area contributed by atoms with Gasteiger partial charge < -0.3 is 15.2 Å². The van der Waals surface area contributed by atoms with Crippen LogP contribution in [0, 0.1) is 6.92 Å². The first-order valence-electron chi connectivity index (χ1n) is 10.1. The Balaban J connectivity index is 1.78. The first-order valence-corrected chi connectivity index (χ1v) is 10.9. The van der Waals surface area contributed by atoms with Gasteiger partial charge in [0.25, 0.3) is 0 Å². The molecule has 0 aliphatic carbocycles. The molecule has 0 radical (unpaired) electrons. The van der Waals surface area contributed by atoms with Gasteiger partial charge in [-0.25, -0.2) is 14.5 Å². The van der Waals surface area contributed by atoms with Crippen LogP contribution < -0.4 is 10.5 Å². The number of nitrogens with zero attached hydrogens (tertiary/aromatic N) is 4. The highest BCUT2D eigenvalue weighted by Gasteiger charge is 2.21. The van der Waals surface area contributed by atoms with E-state index in [9.17, 15) is 4.79 Å². The van der Waals surface area contributed by atoms with Crippen molar-refractivity contribution in [3.05, 3.63) is 47.2 Å². The van der Waals surface area contributed by atoms with Crippen LogP contribution in [0.3, 0.4) is 0 Å². The van der Waals surface area contributed by atoms with Crippen LogP contribution in [0.2, 0.25) is 0 Å². The highest BCUT2D eigenvalue weighted by atomic mass is 32.1. The molecule has 0 spiro atoms. The van der Waals surface area contributed by atoms with E-state index in [0.717, 1.165) is 32.3 Å². The van der Waals surface area contributed by atoms with Crippen molar-refractivity contribution in [2.24, 2.45) is 0 Å². The SMILES string of the molecule is COc1cc(-c2cc(-c3ncc(C)s3)n3ncnc(N)c23)ccc1CC(=O)OC(C)(C)C. The number of aromatic nitrogens is 4. The third kappa shape index (κ3) is 4.29. The number of ether oxygens (including phenoxy) is 2. The number of benzene rings is 1. The van der Waals surface area contributed by atoms with Crippen molar-refractivity contribution >= 4 is 28.6 Å². The summed E-state index contributed by atoms with van der Waals surface area (Å²) in [5, 5.41) is 5.25. The lowest BCUT2D eigenvalue weighted by Gasteiger charge is -2.20. The summed E-state index contributed by atoms with van der Waals surface area (Å²) in [6, 6.07) is 7.69. The third-order valence-corrected chi connectivity index (χ3v) is 5.71. The van der Waals surface area contributed by atoms with Gasteiger partial charge in [-0.1, -0.05) is 12.1 Å². The van der Waals surface area contributed by atoms with Crippen LogP contribution in [0.1, 0.15) is 31.2 Å². The summed E-state index contributed by atoms with van der Waals surface area (Å²) in [5.41, 5.74) is 9.68. The van der Waals surface area contributed by atoms with Gasteiger partial charge in [-0.05, 0) is 45.4 Å². The zero-order chi connectivity index (χ0) is 23.0. The van der Waals surface area contributed by atoms with E-state index >= 15 is 0 Å². The number of fused-ring (bicyclic) bond motifs is 1. The number of nitrogen functional groups attached to an aromatic ring is 1. The minimum absolute atomic E-state index is 0.117. The van der Waals surface area contributed by atoms with E-state index in [1.54, 1.807) is 23.0 Å². The largest absolute Gasteiger partial charge is 0.496 e. The fourth-order valence-corrected chi connectivity index (χ4v) is 4.27. The molecule has 0 saturated heterocycles. The number of carbonyl (C=O) groups excluding carboxylic acids is 1. The maximum absolute atomic E-state index is 12.3. The molecule has 1 aromatic carbocycles. The second kappa shape index (κ2) is 8.23. The van der Waals surface area contributed by atoms with E-state index in [1.807, 2.05) is 58.2 Å². The van der Waals surface area contributed by atoms with Crippen molar-refractivity contribution < 1.29 is 14.3 Å². The maximum Gasteiger partial charge on any atom is 0.310 e. The average molecular weight is 452 g/mol. The number of methoxy groups -OCH3 is 1. The Bertz CT molecular complexity index is 1300. The summed E-state index contributed by atoms with van der Waals surface area (Å²) in [7, 11) is 1.58. The van der Waals surface area contributed by atoms with Crippen LogP contribution in [-0.4, -0.2) is 38.3 Å². The van der Waals surface area contributed by atoms with Crippen molar-refractivity contribution in [1.29, 1.82) is 0 Å². The molecule has 9 heteroatoms. The van der Waals surface area contributed by atoms with Crippen LogP contribution in [0.4, 0.5) is 5.82 Å². The Morgan fingerprint density at radius 2 is 2.00 bits per heavy atom. The van der Waals surface area contributed by atoms with Crippen molar-refractivity contribution in [3.8, 4) is 27.6 Å². The molecule has 0 aliphatic rings. The predicted molar refractivity (Wildman–Crippen MR) is 125 cm³/mol. The molecule has 0 bridgehead atoms. The summed E-state index contributed by atoms with van der Waals surface area (Å²) >= 11 is 1.58. The van der Waals surface area contributed by atoms with Crippen molar-refractivity contribution in [3.63, 3.8) is 0 Å². The summed E-state index contributed by atoms with van der Waals surface area (Å²) in [5.74, 6) is 0.651. The number of rotatable bonds is 5. The van der Waals surface area contributed by atoms with Crippen LogP contribution in [0.5, 0.6) is 5.75 Å². The van der Waals surface area contributed by atoms with Gasteiger partial charge >= 0.3 is 5.97 Å². The average Bonchev–Trinajstić information content (AvgIpc) is 3.31. The first-order chi connectivity index (χ1) is 15.2. The van der Waals surface area contributed by atoms with Crippen LogP contribution in [0.15, 0.2) is 36.8 Å². The molecule has 4 aromatic rings. The molecule has 0 aliphatic heterocycles. The second-order valence-electron chi connectivity index (χ2n) is 8.41. The standard InChI is InChI=1S/C23H25N5O3S/c1-13-11-25-22(32-13)17-10-16(20-21(24)26-12-27-28(17)20)14-6-7-15(18(8-14)30-5)9-19(29)31-23(2,3)4/h6-8,10-12H,9H2,1-5H3,(H2,24,26,27). The van der Waals surface area contributed by atoms with Crippen LogP contribution in [-0.2, 0) is 16.0 Å². The Kier molecular flexibility index (Phi) is 5.60. The van der Waals surface area contributed by atoms with E-state index in [2.05, 4.69) is 15.1 Å². The molecule has 0 fully saturated rings. The van der Waals surface area contributed by atoms with Crippen molar-refractivity contribution in [2.45, 2.75) is 39.7 Å². The van der Waals surface area contributed by atoms with Gasteiger partial charge in [0.05, 0.1) is 13.5 Å². The van der Waals surface area contributed by atoms with E-state index in [4.69, 9.17) is 15.2 Å². The van der Waals surface area contributed by atoms with Gasteiger partial charge in [0.1, 0.15) is 33.9 Å². The molecule has 0 saturated carbocycles. The fourth-order valence-electron chi connectivity index (χ4n) is 3.50. The van der Waals surface area contributed by atoms with Crippen molar-refractivity contribution in [2.75, 3.05) is 12.8 Å². The molecule has 2 N–H and O–H groups in total. The zero-order valence-electron chi connectivity index (χ0n) is 18.7. The molecule has 8 nitrogen and oxygen atoms in total. The number of anilines is 1. The number of thiazole rings is 1. The van der Waals surface area contributed by atoms with Gasteiger partial charge in [0, 0.05) is 22.2 Å². The lowest BCUT2D eigenvalue weighted by molar-refractivity contribution is -0.153. The number of carbonyl (C=O) groups is 1. The topological polar surface area (TPSA) is 105 Å². The van der Waals surface area contributed by atoms with E-state index in [1.165, 1.54) is 6.33 Å². The van der Waals surface area contributed by atoms with Gasteiger partial charge in [-0.3, -0.25) is 4.79 Å². The third-order valence-electron chi connectivity index (χ3n) is 4.78. The first kappa shape index (κ1) is 21.8. The number of nitrogens with two attached hydrogens (primary N) is 1. The van der Waals surface area contributed by atoms with Gasteiger partial charge in [0.2, 0.25) is 0 Å². The quantitative estimate of drug-likeness (QED) is 0.451. The Morgan fingerprint density at radius 1 is 1.22 bits per heavy atom. The smallest absolute Gasteiger partial charge is 0.310 e. The highest BCUT2D eigenvalue weighted by molar-refractivity contribution is 7.14. The lowest BCUT2D eigenvalue weighted by atomic mass is 10.0. The van der Waals surface area contributed by atoms with Crippen LogP contribution >= 0.6 is 11.3 Å². The summed E-state index contributed by atoms with van der Waals surface area (Å²) < 4.78 is 12.8. The van der Waals surface area contributed by atoms with E-state index in [0.29, 0.717) is 17.1 Å². The lowest BCUT2D eigenvalue weighted by Crippen LogP contribution is -2.25. The summed E-state index contributed by atoms with van der Waals surface area (Å²) in [4.78, 5) is 22.1. The van der Waals surface area contributed by atoms with Gasteiger partial charge in [-0.15, -0.1) is 11.3 Å². The molecular weight excluding hydrogens is 426 g/mol. The molecule has 4 rings (SSSR count). The molecule has 32 heavy (non-hydrogen) atoms. The minimum Gasteiger partial charge on any atom is -0.496 e. The molecule has 166 valence electrons. The predicted octanol–water partition coefficient (Wildman–Crippen LogP) is 4.30. The molecular formula is C23H25N5O3S. The monoisotopic (exact) mass is 451 g/mol. The maximum atomic E-state index is 12.3. The summed E-state index contributed by atoms with van der Waals surface area (Å²) in [6.07, 6.45) is 3.38. The van der Waals surface area contributed by atoms with E-state index in [-0.39, 0.29) is 12.4 Å². The highest BCUT2D eigenvalue weighted by Crippen LogP contribution is 2.37. The Morgan fingerprint density at radius 3 is 2.66 bits per heavy atom. The Labute approximate surface area is 190 Å². The minimum atomic E-state index is -0.544. The fraction of sp³-hybridized carbons (Fsp3) is 0.304. The van der Waals surface area contributed by atoms with Gasteiger partial charge in [-0.2, -0.15) is 5.10 Å². The zero-order valence-corrected chi connectivity index (χ0v) is 19.5. The Hall–Kier alpha value is -3.46. The molecule has 0 amide bonds. The number of esters is 1. The number of hydrogen-bond acceptors (Lipinski definition) is 8. The van der Waals surface area contributed by atoms with Crippen molar-refractivity contribution in [1.82, 2.24) is 19.6 Å². The number of hydrogen-bond donors (Lipinski definition) is 1. The molecule has 3 aromatic heterocycles. The number of aryl methyl sites for hydroxylation is 1. The molecule has 3 heterocycles. The summed E-state index contributed by atoms with van der Waals surface area (Å²) in [6.45, 7) is 7.54. The molecule has 0 atom stereocenters. The van der Waals surface area contributed by atoms with Gasteiger partial charge in [0.15, 0.2) is 5.82 Å².